The Morgan fingerprint density at radius 3 is 2.35 bits per heavy atom. The zero-order valence-electron chi connectivity index (χ0n) is 19.6. The summed E-state index contributed by atoms with van der Waals surface area (Å²) in [7, 11) is 3.27. The number of amides is 2. The van der Waals surface area contributed by atoms with Crippen LogP contribution in [0.4, 0.5) is 5.69 Å². The SMILES string of the molecule is COc1ccc(C(=O)NC(CO)c2nnc(SCC(=O)Nc3ccc(C(C)C)cc3)n2C)cc1. The molecule has 1 unspecified atom stereocenters. The van der Waals surface area contributed by atoms with Gasteiger partial charge in [0, 0.05) is 18.3 Å². The average molecular weight is 484 g/mol. The number of hydrogen-bond donors (Lipinski definition) is 3. The fourth-order valence-electron chi connectivity index (χ4n) is 3.21. The summed E-state index contributed by atoms with van der Waals surface area (Å²) in [5.74, 6) is 1.06. The van der Waals surface area contributed by atoms with Crippen molar-refractivity contribution >= 4 is 29.3 Å². The van der Waals surface area contributed by atoms with E-state index in [1.54, 1.807) is 43.0 Å². The molecule has 3 aromatic rings. The predicted molar refractivity (Wildman–Crippen MR) is 131 cm³/mol. The van der Waals surface area contributed by atoms with E-state index in [1.165, 1.54) is 17.3 Å². The van der Waals surface area contributed by atoms with Gasteiger partial charge in [0.25, 0.3) is 5.91 Å². The van der Waals surface area contributed by atoms with Crippen LogP contribution in [0.1, 0.15) is 47.6 Å². The standard InChI is InChI=1S/C24H29N5O4S/c1-15(2)16-5-9-18(10-6-16)25-21(31)14-34-24-28-27-22(29(24)3)20(13-30)26-23(32)17-7-11-19(33-4)12-8-17/h5-12,15,20,30H,13-14H2,1-4H3,(H,25,31)(H,26,32). The lowest BCUT2D eigenvalue weighted by atomic mass is 10.0. The minimum Gasteiger partial charge on any atom is -0.497 e. The van der Waals surface area contributed by atoms with Crippen LogP contribution >= 0.6 is 11.8 Å². The summed E-state index contributed by atoms with van der Waals surface area (Å²) in [5, 5.41) is 24.2. The average Bonchev–Trinajstić information content (AvgIpc) is 3.21. The summed E-state index contributed by atoms with van der Waals surface area (Å²) in [4.78, 5) is 24.9. The summed E-state index contributed by atoms with van der Waals surface area (Å²) in [5.41, 5.74) is 2.36. The van der Waals surface area contributed by atoms with E-state index in [9.17, 15) is 14.7 Å². The van der Waals surface area contributed by atoms with Gasteiger partial charge in [-0.15, -0.1) is 10.2 Å². The van der Waals surface area contributed by atoms with Crippen molar-refractivity contribution in [3.63, 3.8) is 0 Å². The van der Waals surface area contributed by atoms with E-state index in [-0.39, 0.29) is 24.2 Å². The first-order valence-corrected chi connectivity index (χ1v) is 11.8. The highest BCUT2D eigenvalue weighted by molar-refractivity contribution is 7.99. The Labute approximate surface area is 202 Å². The van der Waals surface area contributed by atoms with E-state index in [0.29, 0.717) is 28.2 Å². The van der Waals surface area contributed by atoms with Gasteiger partial charge in [-0.25, -0.2) is 0 Å². The molecule has 9 nitrogen and oxygen atoms in total. The molecule has 0 fully saturated rings. The number of benzene rings is 2. The molecule has 1 atom stereocenters. The number of aromatic nitrogens is 3. The van der Waals surface area contributed by atoms with Crippen LogP contribution in [0.25, 0.3) is 0 Å². The molecule has 0 aliphatic rings. The zero-order valence-corrected chi connectivity index (χ0v) is 20.4. The summed E-state index contributed by atoms with van der Waals surface area (Å²) in [6, 6.07) is 13.6. The molecule has 1 aromatic heterocycles. The van der Waals surface area contributed by atoms with Gasteiger partial charge in [-0.05, 0) is 47.9 Å². The van der Waals surface area contributed by atoms with Crippen molar-refractivity contribution in [2.24, 2.45) is 7.05 Å². The lowest BCUT2D eigenvalue weighted by molar-refractivity contribution is -0.113. The van der Waals surface area contributed by atoms with Gasteiger partial charge in [-0.1, -0.05) is 37.7 Å². The maximum absolute atomic E-state index is 12.6. The number of aliphatic hydroxyl groups is 1. The van der Waals surface area contributed by atoms with Crippen LogP contribution in [-0.2, 0) is 11.8 Å². The second-order valence-corrected chi connectivity index (χ2v) is 8.89. The Hall–Kier alpha value is -3.37. The van der Waals surface area contributed by atoms with Crippen LogP contribution in [0.5, 0.6) is 5.75 Å². The Morgan fingerprint density at radius 1 is 1.09 bits per heavy atom. The molecular weight excluding hydrogens is 454 g/mol. The van der Waals surface area contributed by atoms with Crippen molar-refractivity contribution in [2.45, 2.75) is 31.0 Å². The van der Waals surface area contributed by atoms with Crippen molar-refractivity contribution in [1.29, 1.82) is 0 Å². The van der Waals surface area contributed by atoms with Crippen molar-refractivity contribution in [3.05, 3.63) is 65.5 Å². The molecule has 2 amide bonds. The Bertz CT molecular complexity index is 1110. The van der Waals surface area contributed by atoms with E-state index in [2.05, 4.69) is 34.7 Å². The van der Waals surface area contributed by atoms with Crippen molar-refractivity contribution in [3.8, 4) is 5.75 Å². The second kappa shape index (κ2) is 11.7. The highest BCUT2D eigenvalue weighted by Crippen LogP contribution is 2.21. The number of anilines is 1. The van der Waals surface area contributed by atoms with Gasteiger partial charge >= 0.3 is 0 Å². The van der Waals surface area contributed by atoms with E-state index in [0.717, 1.165) is 5.69 Å². The predicted octanol–water partition coefficient (Wildman–Crippen LogP) is 3.14. The first-order valence-electron chi connectivity index (χ1n) is 10.8. The number of carbonyl (C=O) groups is 2. The molecule has 0 bridgehead atoms. The number of nitrogens with zero attached hydrogens (tertiary/aromatic N) is 3. The number of carbonyl (C=O) groups excluding carboxylic acids is 2. The topological polar surface area (TPSA) is 118 Å². The number of hydrogen-bond acceptors (Lipinski definition) is 7. The number of rotatable bonds is 10. The van der Waals surface area contributed by atoms with Crippen LogP contribution < -0.4 is 15.4 Å². The minimum atomic E-state index is -0.755. The number of methoxy groups -OCH3 is 1. The highest BCUT2D eigenvalue weighted by atomic mass is 32.2. The van der Waals surface area contributed by atoms with E-state index in [4.69, 9.17) is 4.74 Å². The quantitative estimate of drug-likeness (QED) is 0.379. The first kappa shape index (κ1) is 25.3. The third-order valence-electron chi connectivity index (χ3n) is 5.21. The minimum absolute atomic E-state index is 0.139. The molecule has 2 aromatic carbocycles. The third kappa shape index (κ3) is 6.36. The Kier molecular flexibility index (Phi) is 8.67. The maximum Gasteiger partial charge on any atom is 0.251 e. The lowest BCUT2D eigenvalue weighted by Gasteiger charge is -2.16. The van der Waals surface area contributed by atoms with Crippen LogP contribution in [0.2, 0.25) is 0 Å². The molecule has 0 saturated heterocycles. The highest BCUT2D eigenvalue weighted by Gasteiger charge is 2.22. The van der Waals surface area contributed by atoms with Crippen LogP contribution in [0.3, 0.4) is 0 Å². The number of thioether (sulfide) groups is 1. The fourth-order valence-corrected chi connectivity index (χ4v) is 3.93. The van der Waals surface area contributed by atoms with Crippen LogP contribution in [0.15, 0.2) is 53.7 Å². The van der Waals surface area contributed by atoms with Gasteiger partial charge in [0.1, 0.15) is 11.8 Å². The van der Waals surface area contributed by atoms with Crippen molar-refractivity contribution in [1.82, 2.24) is 20.1 Å². The van der Waals surface area contributed by atoms with E-state index in [1.807, 2.05) is 24.3 Å². The van der Waals surface area contributed by atoms with Crippen molar-refractivity contribution in [2.75, 3.05) is 24.8 Å². The molecule has 34 heavy (non-hydrogen) atoms. The third-order valence-corrected chi connectivity index (χ3v) is 6.23. The normalized spacial score (nSPS) is 11.8. The molecule has 0 aliphatic carbocycles. The monoisotopic (exact) mass is 483 g/mol. The van der Waals surface area contributed by atoms with Gasteiger partial charge in [0.2, 0.25) is 5.91 Å². The molecular formula is C24H29N5O4S. The zero-order chi connectivity index (χ0) is 24.7. The largest absolute Gasteiger partial charge is 0.497 e. The summed E-state index contributed by atoms with van der Waals surface area (Å²) >= 11 is 1.22. The fraction of sp³-hybridized carbons (Fsp3) is 0.333. The molecule has 10 heteroatoms. The van der Waals surface area contributed by atoms with Crippen LogP contribution in [0, 0.1) is 0 Å². The number of aliphatic hydroxyl groups excluding tert-OH is 1. The number of ether oxygens (including phenoxy) is 1. The van der Waals surface area contributed by atoms with Gasteiger partial charge in [-0.3, -0.25) is 9.59 Å². The molecule has 3 N–H and O–H groups in total. The molecule has 0 spiro atoms. The first-order chi connectivity index (χ1) is 16.3. The molecule has 0 aliphatic heterocycles. The molecule has 1 heterocycles. The molecule has 3 rings (SSSR count). The summed E-state index contributed by atoms with van der Waals surface area (Å²) in [6.45, 7) is 3.88. The smallest absolute Gasteiger partial charge is 0.251 e. The molecule has 180 valence electrons. The van der Waals surface area contributed by atoms with Crippen LogP contribution in [-0.4, -0.2) is 51.2 Å². The maximum atomic E-state index is 12.6. The Morgan fingerprint density at radius 2 is 1.76 bits per heavy atom. The molecule has 0 radical (unpaired) electrons. The van der Waals surface area contributed by atoms with Gasteiger partial charge in [0.15, 0.2) is 11.0 Å². The van der Waals surface area contributed by atoms with E-state index < -0.39 is 6.04 Å². The number of nitrogens with one attached hydrogen (secondary N) is 2. The van der Waals surface area contributed by atoms with E-state index >= 15 is 0 Å². The second-order valence-electron chi connectivity index (χ2n) is 7.95. The summed E-state index contributed by atoms with van der Waals surface area (Å²) in [6.07, 6.45) is 0. The van der Waals surface area contributed by atoms with Gasteiger partial charge < -0.3 is 25.0 Å². The Balaban J connectivity index is 1.58. The molecule has 0 saturated carbocycles. The summed E-state index contributed by atoms with van der Waals surface area (Å²) < 4.78 is 6.76. The lowest BCUT2D eigenvalue weighted by Crippen LogP contribution is -2.32. The van der Waals surface area contributed by atoms with Crippen molar-refractivity contribution < 1.29 is 19.4 Å². The van der Waals surface area contributed by atoms with Gasteiger partial charge in [0.05, 0.1) is 19.5 Å². The van der Waals surface area contributed by atoms with Gasteiger partial charge in [-0.2, -0.15) is 0 Å².